The van der Waals surface area contributed by atoms with Crippen molar-refractivity contribution >= 4 is 17.5 Å². The van der Waals surface area contributed by atoms with Crippen LogP contribution in [0.5, 0.6) is 5.75 Å². The fourth-order valence-corrected chi connectivity index (χ4v) is 2.72. The zero-order valence-electron chi connectivity index (χ0n) is 14.9. The molecule has 26 heavy (non-hydrogen) atoms. The van der Waals surface area contributed by atoms with Crippen molar-refractivity contribution in [3.63, 3.8) is 0 Å². The van der Waals surface area contributed by atoms with E-state index in [4.69, 9.17) is 4.74 Å². The van der Waals surface area contributed by atoms with E-state index in [1.807, 2.05) is 38.1 Å². The van der Waals surface area contributed by atoms with Crippen LogP contribution < -0.4 is 15.4 Å². The van der Waals surface area contributed by atoms with Gasteiger partial charge in [0.2, 0.25) is 11.8 Å². The van der Waals surface area contributed by atoms with E-state index in [9.17, 15) is 9.59 Å². The molecule has 3 rings (SSSR count). The van der Waals surface area contributed by atoms with Crippen LogP contribution in [0, 0.1) is 11.8 Å². The molecule has 2 amide bonds. The Hall–Kier alpha value is -2.89. The van der Waals surface area contributed by atoms with Gasteiger partial charge >= 0.3 is 0 Å². The molecule has 1 aliphatic carbocycles. The van der Waals surface area contributed by atoms with Crippen LogP contribution >= 0.6 is 0 Å². The maximum absolute atomic E-state index is 12.3. The first kappa shape index (κ1) is 17.9. The average Bonchev–Trinajstić information content (AvgIpc) is 3.43. The summed E-state index contributed by atoms with van der Waals surface area (Å²) >= 11 is 0. The molecular formula is C20H23N3O3. The second-order valence-electron chi connectivity index (χ2n) is 6.70. The number of hydrogen-bond donors (Lipinski definition) is 2. The molecule has 2 atom stereocenters. The summed E-state index contributed by atoms with van der Waals surface area (Å²) in [6.07, 6.45) is 4.06. The highest BCUT2D eigenvalue weighted by Crippen LogP contribution is 2.39. The number of hydrogen-bond acceptors (Lipinski definition) is 4. The lowest BCUT2D eigenvalue weighted by molar-refractivity contribution is -0.125. The highest BCUT2D eigenvalue weighted by molar-refractivity contribution is 5.99. The van der Waals surface area contributed by atoms with E-state index >= 15 is 0 Å². The largest absolute Gasteiger partial charge is 0.491 e. The van der Waals surface area contributed by atoms with Crippen molar-refractivity contribution < 1.29 is 14.3 Å². The highest BCUT2D eigenvalue weighted by atomic mass is 16.5. The Kier molecular flexibility index (Phi) is 5.51. The van der Waals surface area contributed by atoms with Crippen molar-refractivity contribution in [1.29, 1.82) is 0 Å². The molecule has 1 heterocycles. The first-order valence-electron chi connectivity index (χ1n) is 8.77. The van der Waals surface area contributed by atoms with E-state index in [2.05, 4.69) is 15.6 Å². The van der Waals surface area contributed by atoms with Crippen LogP contribution in [-0.4, -0.2) is 22.9 Å². The summed E-state index contributed by atoms with van der Waals surface area (Å²) in [5, 5.41) is 5.73. The lowest BCUT2D eigenvalue weighted by Crippen LogP contribution is -2.27. The third kappa shape index (κ3) is 4.81. The van der Waals surface area contributed by atoms with Gasteiger partial charge in [0.15, 0.2) is 0 Å². The highest BCUT2D eigenvalue weighted by Gasteiger charge is 2.47. The van der Waals surface area contributed by atoms with E-state index in [1.165, 1.54) is 0 Å². The van der Waals surface area contributed by atoms with Gasteiger partial charge in [-0.25, -0.2) is 0 Å². The lowest BCUT2D eigenvalue weighted by atomic mass is 10.2. The molecule has 1 aliphatic rings. The maximum Gasteiger partial charge on any atom is 0.228 e. The number of anilines is 1. The van der Waals surface area contributed by atoms with Crippen molar-refractivity contribution in [2.24, 2.45) is 11.8 Å². The van der Waals surface area contributed by atoms with Crippen LogP contribution in [0.3, 0.4) is 0 Å². The molecule has 0 saturated heterocycles. The van der Waals surface area contributed by atoms with Crippen molar-refractivity contribution in [2.75, 3.05) is 5.32 Å². The first-order chi connectivity index (χ1) is 12.5. The van der Waals surface area contributed by atoms with Gasteiger partial charge in [-0.3, -0.25) is 14.6 Å². The van der Waals surface area contributed by atoms with Gasteiger partial charge in [0.1, 0.15) is 5.75 Å². The zero-order valence-corrected chi connectivity index (χ0v) is 14.9. The fraction of sp³-hybridized carbons (Fsp3) is 0.350. The molecule has 2 aromatic rings. The molecule has 1 saturated carbocycles. The van der Waals surface area contributed by atoms with Crippen molar-refractivity contribution in [3.05, 3.63) is 54.4 Å². The topological polar surface area (TPSA) is 80.3 Å². The van der Waals surface area contributed by atoms with E-state index in [1.54, 1.807) is 24.5 Å². The molecule has 6 heteroatoms. The molecule has 1 aromatic carbocycles. The molecule has 0 spiro atoms. The van der Waals surface area contributed by atoms with Crippen LogP contribution in [0.25, 0.3) is 0 Å². The van der Waals surface area contributed by atoms with Gasteiger partial charge in [0, 0.05) is 24.6 Å². The molecule has 1 aromatic heterocycles. The zero-order chi connectivity index (χ0) is 18.5. The summed E-state index contributed by atoms with van der Waals surface area (Å²) in [6, 6.07) is 10.9. The number of aromatic nitrogens is 1. The quantitative estimate of drug-likeness (QED) is 0.802. The van der Waals surface area contributed by atoms with Gasteiger partial charge < -0.3 is 15.4 Å². The predicted octanol–water partition coefficient (Wildman–Crippen LogP) is 2.76. The van der Waals surface area contributed by atoms with Crippen LogP contribution in [0.4, 0.5) is 5.69 Å². The monoisotopic (exact) mass is 353 g/mol. The second kappa shape index (κ2) is 7.99. The number of pyridine rings is 1. The van der Waals surface area contributed by atoms with Gasteiger partial charge in [-0.2, -0.15) is 0 Å². The summed E-state index contributed by atoms with van der Waals surface area (Å²) in [4.78, 5) is 28.4. The molecule has 0 radical (unpaired) electrons. The smallest absolute Gasteiger partial charge is 0.228 e. The van der Waals surface area contributed by atoms with Crippen LogP contribution in [0.1, 0.15) is 25.8 Å². The summed E-state index contributed by atoms with van der Waals surface area (Å²) in [5.74, 6) is 0.0476. The number of benzene rings is 1. The Morgan fingerprint density at radius 1 is 1.08 bits per heavy atom. The third-order valence-corrected chi connectivity index (χ3v) is 4.17. The summed E-state index contributed by atoms with van der Waals surface area (Å²) < 4.78 is 5.58. The van der Waals surface area contributed by atoms with Crippen LogP contribution in [0.15, 0.2) is 48.8 Å². The summed E-state index contributed by atoms with van der Waals surface area (Å²) in [5.41, 5.74) is 1.69. The molecule has 2 unspecified atom stereocenters. The fourth-order valence-electron chi connectivity index (χ4n) is 2.72. The normalized spacial score (nSPS) is 18.3. The van der Waals surface area contributed by atoms with Crippen LogP contribution in [-0.2, 0) is 16.1 Å². The number of carbonyl (C=O) groups is 2. The molecule has 136 valence electrons. The maximum atomic E-state index is 12.3. The number of ether oxygens (including phenoxy) is 1. The van der Waals surface area contributed by atoms with E-state index in [-0.39, 0.29) is 29.8 Å². The van der Waals surface area contributed by atoms with Gasteiger partial charge in [-0.15, -0.1) is 0 Å². The number of amides is 2. The van der Waals surface area contributed by atoms with Gasteiger partial charge in [0.05, 0.1) is 17.9 Å². The van der Waals surface area contributed by atoms with E-state index in [0.29, 0.717) is 18.7 Å². The molecule has 1 fully saturated rings. The number of rotatable bonds is 7. The molecule has 6 nitrogen and oxygen atoms in total. The number of carbonyl (C=O) groups excluding carboxylic acids is 2. The lowest BCUT2D eigenvalue weighted by Gasteiger charge is -2.10. The van der Waals surface area contributed by atoms with E-state index in [0.717, 1.165) is 11.3 Å². The summed E-state index contributed by atoms with van der Waals surface area (Å²) in [6.45, 7) is 4.37. The Bertz CT molecular complexity index is 760. The second-order valence-corrected chi connectivity index (χ2v) is 6.70. The Morgan fingerprint density at radius 2 is 1.73 bits per heavy atom. The van der Waals surface area contributed by atoms with Crippen molar-refractivity contribution in [3.8, 4) is 5.75 Å². The molecule has 0 aliphatic heterocycles. The minimum atomic E-state index is -0.265. The summed E-state index contributed by atoms with van der Waals surface area (Å²) in [7, 11) is 0. The molecular weight excluding hydrogens is 330 g/mol. The standard InChI is InChI=1S/C20H23N3O3/c1-13(2)26-16-5-3-15(4-6-16)23-20(25)18-11-17(18)19(24)22-12-14-7-9-21-10-8-14/h3-10,13,17-18H,11-12H2,1-2H3,(H,22,24)(H,23,25). The Morgan fingerprint density at radius 3 is 2.38 bits per heavy atom. The van der Waals surface area contributed by atoms with Crippen molar-refractivity contribution in [1.82, 2.24) is 10.3 Å². The minimum absolute atomic E-state index is 0.0809. The average molecular weight is 353 g/mol. The number of nitrogens with zero attached hydrogens (tertiary/aromatic N) is 1. The first-order valence-corrected chi connectivity index (χ1v) is 8.77. The molecule has 2 N–H and O–H groups in total. The Labute approximate surface area is 153 Å². The van der Waals surface area contributed by atoms with Crippen LogP contribution in [0.2, 0.25) is 0 Å². The predicted molar refractivity (Wildman–Crippen MR) is 98.5 cm³/mol. The third-order valence-electron chi connectivity index (χ3n) is 4.17. The van der Waals surface area contributed by atoms with Gasteiger partial charge in [-0.1, -0.05) is 0 Å². The van der Waals surface area contributed by atoms with Crippen molar-refractivity contribution in [2.45, 2.75) is 32.9 Å². The SMILES string of the molecule is CC(C)Oc1ccc(NC(=O)C2CC2C(=O)NCc2ccncc2)cc1. The van der Waals surface area contributed by atoms with Gasteiger partial charge in [0.25, 0.3) is 0 Å². The van der Waals surface area contributed by atoms with Gasteiger partial charge in [-0.05, 0) is 62.2 Å². The number of nitrogens with one attached hydrogen (secondary N) is 2. The molecule has 0 bridgehead atoms. The Balaban J connectivity index is 1.45. The minimum Gasteiger partial charge on any atom is -0.491 e. The van der Waals surface area contributed by atoms with E-state index < -0.39 is 0 Å².